The summed E-state index contributed by atoms with van der Waals surface area (Å²) in [5.74, 6) is -4.08. The fraction of sp³-hybridized carbons (Fsp3) is 0.400. The maximum atomic E-state index is 12.6. The highest BCUT2D eigenvalue weighted by atomic mass is 79.9. The largest absolute Gasteiger partial charge is 0.487 e. The van der Waals surface area contributed by atoms with E-state index in [1.165, 1.54) is 12.1 Å². The van der Waals surface area contributed by atoms with Gasteiger partial charge in [0, 0.05) is 11.0 Å². The van der Waals surface area contributed by atoms with Crippen LogP contribution in [0.5, 0.6) is 5.75 Å². The molecule has 0 aliphatic rings. The average molecular weight is 316 g/mol. The van der Waals surface area contributed by atoms with Gasteiger partial charge in [0.25, 0.3) is 0 Å². The molecule has 1 aromatic rings. The van der Waals surface area contributed by atoms with E-state index < -0.39 is 19.0 Å². The second-order valence-corrected chi connectivity index (χ2v) is 4.16. The molecule has 17 heavy (non-hydrogen) atoms. The zero-order chi connectivity index (χ0) is 13.1. The minimum absolute atomic E-state index is 0.0781. The van der Waals surface area contributed by atoms with Crippen LogP contribution in [0, 0.1) is 0 Å². The monoisotopic (exact) mass is 315 g/mol. The van der Waals surface area contributed by atoms with Gasteiger partial charge in [-0.3, -0.25) is 0 Å². The van der Waals surface area contributed by atoms with Crippen LogP contribution in [0.1, 0.15) is 5.56 Å². The van der Waals surface area contributed by atoms with Crippen molar-refractivity contribution < 1.29 is 22.3 Å². The zero-order valence-corrected chi connectivity index (χ0v) is 10.2. The van der Waals surface area contributed by atoms with Crippen molar-refractivity contribution in [1.29, 1.82) is 0 Å². The normalized spacial score (nSPS) is 11.9. The average Bonchev–Trinajstić information content (AvgIpc) is 2.26. The van der Waals surface area contributed by atoms with E-state index in [0.29, 0.717) is 4.47 Å². The summed E-state index contributed by atoms with van der Waals surface area (Å²) in [4.78, 5) is 0. The first kappa shape index (κ1) is 14.2. The summed E-state index contributed by atoms with van der Waals surface area (Å²) < 4.78 is 54.1. The van der Waals surface area contributed by atoms with Crippen molar-refractivity contribution in [2.45, 2.75) is 18.9 Å². The minimum Gasteiger partial charge on any atom is -0.487 e. The third-order valence-corrected chi connectivity index (χ3v) is 2.73. The van der Waals surface area contributed by atoms with Crippen molar-refractivity contribution in [2.24, 2.45) is 5.73 Å². The molecule has 0 saturated carbocycles. The highest BCUT2D eigenvalue weighted by Crippen LogP contribution is 2.26. The molecule has 0 fully saturated rings. The molecule has 0 saturated heterocycles. The number of rotatable bonds is 5. The van der Waals surface area contributed by atoms with Crippen LogP contribution in [0.25, 0.3) is 0 Å². The van der Waals surface area contributed by atoms with Gasteiger partial charge in [-0.05, 0) is 17.7 Å². The molecule has 2 nitrogen and oxygen atoms in total. The van der Waals surface area contributed by atoms with Gasteiger partial charge >= 0.3 is 12.3 Å². The first-order valence-electron chi connectivity index (χ1n) is 4.64. The van der Waals surface area contributed by atoms with E-state index in [0.717, 1.165) is 5.56 Å². The highest BCUT2D eigenvalue weighted by Gasteiger charge is 2.41. The van der Waals surface area contributed by atoms with E-state index >= 15 is 0 Å². The molecule has 0 atom stereocenters. The van der Waals surface area contributed by atoms with Crippen LogP contribution in [-0.2, 0) is 6.54 Å². The first-order chi connectivity index (χ1) is 7.86. The SMILES string of the molecule is NCc1ccc(OCC(F)(F)C(F)F)cc1Br. The molecule has 0 aliphatic heterocycles. The van der Waals surface area contributed by atoms with E-state index in [9.17, 15) is 17.6 Å². The van der Waals surface area contributed by atoms with Crippen LogP contribution < -0.4 is 10.5 Å². The van der Waals surface area contributed by atoms with E-state index in [4.69, 9.17) is 5.73 Å². The predicted molar refractivity (Wildman–Crippen MR) is 58.5 cm³/mol. The summed E-state index contributed by atoms with van der Waals surface area (Å²) in [6.07, 6.45) is -3.74. The lowest BCUT2D eigenvalue weighted by molar-refractivity contribution is -0.148. The Balaban J connectivity index is 2.67. The maximum Gasteiger partial charge on any atom is 0.340 e. The van der Waals surface area contributed by atoms with Gasteiger partial charge in [0.1, 0.15) is 5.75 Å². The summed E-state index contributed by atoms with van der Waals surface area (Å²) in [5, 5.41) is 0. The van der Waals surface area contributed by atoms with E-state index in [1.807, 2.05) is 0 Å². The lowest BCUT2D eigenvalue weighted by Crippen LogP contribution is -2.33. The first-order valence-corrected chi connectivity index (χ1v) is 5.43. The van der Waals surface area contributed by atoms with Crippen molar-refractivity contribution >= 4 is 15.9 Å². The standard InChI is InChI=1S/C10H10BrF4NO/c11-8-3-7(2-1-6(8)4-16)17-5-10(14,15)9(12)13/h1-3,9H,4-5,16H2. The molecule has 0 unspecified atom stereocenters. The van der Waals surface area contributed by atoms with E-state index in [1.54, 1.807) is 6.07 Å². The topological polar surface area (TPSA) is 35.2 Å². The van der Waals surface area contributed by atoms with Crippen molar-refractivity contribution in [3.05, 3.63) is 28.2 Å². The summed E-state index contributed by atoms with van der Waals surface area (Å²) in [6, 6.07) is 4.37. The predicted octanol–water partition coefficient (Wildman–Crippen LogP) is 3.19. The molecular weight excluding hydrogens is 306 g/mol. The van der Waals surface area contributed by atoms with Crippen LogP contribution in [0.2, 0.25) is 0 Å². The molecular formula is C10H10BrF4NO. The van der Waals surface area contributed by atoms with Crippen LogP contribution in [-0.4, -0.2) is 19.0 Å². The minimum atomic E-state index is -4.15. The van der Waals surface area contributed by atoms with Crippen LogP contribution >= 0.6 is 15.9 Å². The van der Waals surface area contributed by atoms with Crippen LogP contribution in [0.4, 0.5) is 17.6 Å². The lowest BCUT2D eigenvalue weighted by Gasteiger charge is -2.16. The molecule has 0 amide bonds. The third-order valence-electron chi connectivity index (χ3n) is 1.99. The third kappa shape index (κ3) is 3.85. The molecule has 96 valence electrons. The Hall–Kier alpha value is -0.820. The quantitative estimate of drug-likeness (QED) is 0.847. The molecule has 0 spiro atoms. The second-order valence-electron chi connectivity index (χ2n) is 3.31. The number of halogens is 5. The Morgan fingerprint density at radius 3 is 2.47 bits per heavy atom. The van der Waals surface area contributed by atoms with Crippen molar-refractivity contribution in [2.75, 3.05) is 6.61 Å². The van der Waals surface area contributed by atoms with Gasteiger partial charge in [-0.2, -0.15) is 8.78 Å². The Labute approximate surface area is 104 Å². The highest BCUT2D eigenvalue weighted by molar-refractivity contribution is 9.10. The van der Waals surface area contributed by atoms with Crippen LogP contribution in [0.15, 0.2) is 22.7 Å². The van der Waals surface area contributed by atoms with Gasteiger partial charge in [0.2, 0.25) is 0 Å². The number of hydrogen-bond acceptors (Lipinski definition) is 2. The van der Waals surface area contributed by atoms with Crippen LogP contribution in [0.3, 0.4) is 0 Å². The number of nitrogens with two attached hydrogens (primary N) is 1. The molecule has 0 aliphatic carbocycles. The number of alkyl halides is 4. The number of benzene rings is 1. The molecule has 0 heterocycles. The van der Waals surface area contributed by atoms with Gasteiger partial charge in [0.05, 0.1) is 0 Å². The molecule has 2 N–H and O–H groups in total. The number of hydrogen-bond donors (Lipinski definition) is 1. The maximum absolute atomic E-state index is 12.6. The smallest absolute Gasteiger partial charge is 0.340 e. The molecule has 0 aromatic heterocycles. The molecule has 1 rings (SSSR count). The number of ether oxygens (including phenoxy) is 1. The van der Waals surface area contributed by atoms with Crippen molar-refractivity contribution in [3.8, 4) is 5.75 Å². The van der Waals surface area contributed by atoms with Gasteiger partial charge < -0.3 is 10.5 Å². The fourth-order valence-corrected chi connectivity index (χ4v) is 1.55. The summed E-state index contributed by atoms with van der Waals surface area (Å²) >= 11 is 3.16. The fourth-order valence-electron chi connectivity index (χ4n) is 1.03. The second kappa shape index (κ2) is 5.68. The summed E-state index contributed by atoms with van der Waals surface area (Å²) in [6.45, 7) is -1.09. The lowest BCUT2D eigenvalue weighted by atomic mass is 10.2. The van der Waals surface area contributed by atoms with E-state index in [2.05, 4.69) is 20.7 Å². The summed E-state index contributed by atoms with van der Waals surface area (Å²) in [7, 11) is 0. The molecule has 7 heteroatoms. The Morgan fingerprint density at radius 2 is 2.00 bits per heavy atom. The Morgan fingerprint density at radius 1 is 1.35 bits per heavy atom. The molecule has 0 radical (unpaired) electrons. The Kier molecular flexibility index (Phi) is 4.76. The van der Waals surface area contributed by atoms with E-state index in [-0.39, 0.29) is 12.3 Å². The molecule has 1 aromatic carbocycles. The zero-order valence-electron chi connectivity index (χ0n) is 8.60. The van der Waals surface area contributed by atoms with Gasteiger partial charge in [-0.1, -0.05) is 22.0 Å². The van der Waals surface area contributed by atoms with Crippen molar-refractivity contribution in [3.63, 3.8) is 0 Å². The van der Waals surface area contributed by atoms with Gasteiger partial charge in [-0.15, -0.1) is 0 Å². The summed E-state index contributed by atoms with van der Waals surface area (Å²) in [5.41, 5.74) is 6.16. The molecule has 0 bridgehead atoms. The van der Waals surface area contributed by atoms with Gasteiger partial charge in [-0.25, -0.2) is 8.78 Å². The van der Waals surface area contributed by atoms with Crippen molar-refractivity contribution in [1.82, 2.24) is 0 Å². The van der Waals surface area contributed by atoms with Gasteiger partial charge in [0.15, 0.2) is 6.61 Å². The Bertz CT molecular complexity index is 387.